The molecule has 0 bridgehead atoms. The van der Waals surface area contributed by atoms with Gasteiger partial charge in [-0.25, -0.2) is 4.39 Å². The maximum Gasteiger partial charge on any atom is 0.114 e. The fraction of sp³-hybridized carbons (Fsp3) is 0.692. The number of hydrogen-bond acceptors (Lipinski definition) is 2. The van der Waals surface area contributed by atoms with Gasteiger partial charge < -0.3 is 5.32 Å². The van der Waals surface area contributed by atoms with Crippen molar-refractivity contribution in [2.24, 2.45) is 0 Å². The van der Waals surface area contributed by atoms with Crippen molar-refractivity contribution in [2.45, 2.75) is 50.7 Å². The summed E-state index contributed by atoms with van der Waals surface area (Å²) in [5, 5.41) is 5.43. The molecule has 4 heteroatoms. The zero-order valence-corrected chi connectivity index (χ0v) is 12.5. The largest absolute Gasteiger partial charge is 0.314 e. The standard InChI is InChI=1S/C13H19BrFNS/c1-13(15,8-10-4-2-3-6-16-10)9-12-11(14)5-7-17-12/h5,7,10,16H,2-4,6,8-9H2,1H3. The summed E-state index contributed by atoms with van der Waals surface area (Å²) in [4.78, 5) is 1.12. The van der Waals surface area contributed by atoms with Crippen LogP contribution in [0.25, 0.3) is 0 Å². The summed E-state index contributed by atoms with van der Waals surface area (Å²) < 4.78 is 15.6. The number of halogens is 2. The Bertz CT molecular complexity index is 358. The van der Waals surface area contributed by atoms with Crippen LogP contribution in [0.1, 0.15) is 37.5 Å². The minimum Gasteiger partial charge on any atom is -0.314 e. The van der Waals surface area contributed by atoms with Gasteiger partial charge in [-0.1, -0.05) is 6.42 Å². The molecule has 0 spiro atoms. The Morgan fingerprint density at radius 3 is 3.00 bits per heavy atom. The molecule has 0 saturated carbocycles. The fourth-order valence-corrected chi connectivity index (χ4v) is 4.13. The van der Waals surface area contributed by atoms with Crippen LogP contribution in [0.3, 0.4) is 0 Å². The van der Waals surface area contributed by atoms with Gasteiger partial charge in [0.05, 0.1) is 0 Å². The lowest BCUT2D eigenvalue weighted by atomic mass is 9.90. The average molecular weight is 320 g/mol. The van der Waals surface area contributed by atoms with E-state index in [1.54, 1.807) is 18.3 Å². The molecule has 1 nitrogen and oxygen atoms in total. The van der Waals surface area contributed by atoms with E-state index in [2.05, 4.69) is 21.2 Å². The Kier molecular flexibility index (Phi) is 4.61. The van der Waals surface area contributed by atoms with E-state index in [4.69, 9.17) is 0 Å². The first-order chi connectivity index (χ1) is 8.07. The van der Waals surface area contributed by atoms with E-state index in [0.29, 0.717) is 18.9 Å². The maximum absolute atomic E-state index is 14.6. The number of rotatable bonds is 4. The monoisotopic (exact) mass is 319 g/mol. The molecule has 0 radical (unpaired) electrons. The zero-order chi connectivity index (χ0) is 12.3. The molecule has 1 aromatic heterocycles. The van der Waals surface area contributed by atoms with E-state index in [0.717, 1.165) is 22.3 Å². The minimum absolute atomic E-state index is 0.359. The Morgan fingerprint density at radius 2 is 2.41 bits per heavy atom. The summed E-state index contributed by atoms with van der Waals surface area (Å²) in [6, 6.07) is 2.35. The minimum atomic E-state index is -1.11. The predicted molar refractivity (Wildman–Crippen MR) is 75.5 cm³/mol. The third-order valence-corrected chi connectivity index (χ3v) is 5.23. The van der Waals surface area contributed by atoms with Gasteiger partial charge in [0.1, 0.15) is 5.67 Å². The van der Waals surface area contributed by atoms with Crippen LogP contribution in [0.2, 0.25) is 0 Å². The summed E-state index contributed by atoms with van der Waals surface area (Å²) in [6.07, 6.45) is 4.72. The average Bonchev–Trinajstić information content (AvgIpc) is 2.64. The van der Waals surface area contributed by atoms with Gasteiger partial charge >= 0.3 is 0 Å². The second-order valence-corrected chi connectivity index (χ2v) is 6.99. The zero-order valence-electron chi connectivity index (χ0n) is 10.1. The molecule has 1 N–H and O–H groups in total. The normalized spacial score (nSPS) is 24.5. The van der Waals surface area contributed by atoms with Crippen LogP contribution in [0.4, 0.5) is 4.39 Å². The lowest BCUT2D eigenvalue weighted by Gasteiger charge is -2.29. The molecule has 2 unspecified atom stereocenters. The summed E-state index contributed by atoms with van der Waals surface area (Å²) in [6.45, 7) is 2.78. The van der Waals surface area contributed by atoms with Gasteiger partial charge in [0.15, 0.2) is 0 Å². The first-order valence-corrected chi connectivity index (χ1v) is 7.88. The lowest BCUT2D eigenvalue weighted by Crippen LogP contribution is -2.39. The van der Waals surface area contributed by atoms with Crippen molar-refractivity contribution in [1.82, 2.24) is 5.32 Å². The molecule has 2 atom stereocenters. The van der Waals surface area contributed by atoms with Gasteiger partial charge in [-0.2, -0.15) is 0 Å². The van der Waals surface area contributed by atoms with Crippen molar-refractivity contribution in [3.63, 3.8) is 0 Å². The number of alkyl halides is 1. The van der Waals surface area contributed by atoms with E-state index >= 15 is 0 Å². The van der Waals surface area contributed by atoms with Crippen LogP contribution in [0.5, 0.6) is 0 Å². The summed E-state index contributed by atoms with van der Waals surface area (Å²) in [5.74, 6) is 0. The smallest absolute Gasteiger partial charge is 0.114 e. The molecule has 2 rings (SSSR count). The molecule has 1 aliphatic heterocycles. The Balaban J connectivity index is 1.91. The summed E-state index contributed by atoms with van der Waals surface area (Å²) >= 11 is 5.10. The van der Waals surface area contributed by atoms with Crippen LogP contribution in [0.15, 0.2) is 15.9 Å². The first kappa shape index (κ1) is 13.5. The SMILES string of the molecule is CC(F)(Cc1sccc1Br)CC1CCCCN1. The van der Waals surface area contributed by atoms with Crippen LogP contribution in [0, 0.1) is 0 Å². The quantitative estimate of drug-likeness (QED) is 0.871. The lowest BCUT2D eigenvalue weighted by molar-refractivity contribution is 0.146. The molecule has 0 aliphatic carbocycles. The molecule has 0 aromatic carbocycles. The van der Waals surface area contributed by atoms with E-state index in [1.807, 2.05) is 11.4 Å². The highest BCUT2D eigenvalue weighted by Crippen LogP contribution is 2.32. The molecular weight excluding hydrogens is 301 g/mol. The van der Waals surface area contributed by atoms with Gasteiger partial charge in [-0.15, -0.1) is 11.3 Å². The van der Waals surface area contributed by atoms with Gasteiger partial charge in [0.25, 0.3) is 0 Å². The molecule has 2 heterocycles. The van der Waals surface area contributed by atoms with E-state index < -0.39 is 5.67 Å². The molecule has 0 amide bonds. The van der Waals surface area contributed by atoms with Crippen molar-refractivity contribution in [2.75, 3.05) is 6.54 Å². The van der Waals surface area contributed by atoms with Crippen LogP contribution < -0.4 is 5.32 Å². The van der Waals surface area contributed by atoms with Crippen molar-refractivity contribution in [1.29, 1.82) is 0 Å². The third kappa shape index (κ3) is 4.04. The summed E-state index contributed by atoms with van der Waals surface area (Å²) in [7, 11) is 0. The van der Waals surface area contributed by atoms with Crippen LogP contribution >= 0.6 is 27.3 Å². The van der Waals surface area contributed by atoms with Crippen molar-refractivity contribution < 1.29 is 4.39 Å². The molecule has 1 aliphatic rings. The van der Waals surface area contributed by atoms with Crippen LogP contribution in [-0.2, 0) is 6.42 Å². The van der Waals surface area contributed by atoms with Gasteiger partial charge in [-0.05, 0) is 60.1 Å². The topological polar surface area (TPSA) is 12.0 Å². The fourth-order valence-electron chi connectivity index (χ4n) is 2.47. The molecular formula is C13H19BrFNS. The highest BCUT2D eigenvalue weighted by molar-refractivity contribution is 9.10. The molecule has 1 fully saturated rings. The number of hydrogen-bond donors (Lipinski definition) is 1. The molecule has 17 heavy (non-hydrogen) atoms. The molecule has 96 valence electrons. The van der Waals surface area contributed by atoms with Crippen molar-refractivity contribution in [3.8, 4) is 0 Å². The van der Waals surface area contributed by atoms with Gasteiger partial charge in [0.2, 0.25) is 0 Å². The van der Waals surface area contributed by atoms with Crippen molar-refractivity contribution >= 4 is 27.3 Å². The van der Waals surface area contributed by atoms with E-state index in [9.17, 15) is 4.39 Å². The highest BCUT2D eigenvalue weighted by atomic mass is 79.9. The second kappa shape index (κ2) is 5.81. The Morgan fingerprint density at radius 1 is 1.59 bits per heavy atom. The predicted octanol–water partition coefficient (Wildman–Crippen LogP) is 4.31. The third-order valence-electron chi connectivity index (χ3n) is 3.30. The van der Waals surface area contributed by atoms with Crippen LogP contribution in [-0.4, -0.2) is 18.3 Å². The van der Waals surface area contributed by atoms with Crippen molar-refractivity contribution in [3.05, 3.63) is 20.8 Å². The van der Waals surface area contributed by atoms with E-state index in [-0.39, 0.29) is 0 Å². The number of nitrogens with one attached hydrogen (secondary N) is 1. The highest BCUT2D eigenvalue weighted by Gasteiger charge is 2.29. The van der Waals surface area contributed by atoms with Gasteiger partial charge in [0, 0.05) is 21.8 Å². The van der Waals surface area contributed by atoms with E-state index in [1.165, 1.54) is 12.8 Å². The first-order valence-electron chi connectivity index (χ1n) is 6.21. The Labute approximate surface area is 115 Å². The van der Waals surface area contributed by atoms with Gasteiger partial charge in [-0.3, -0.25) is 0 Å². The molecule has 1 aromatic rings. The Hall–Kier alpha value is 0.0700. The molecule has 1 saturated heterocycles. The maximum atomic E-state index is 14.6. The second-order valence-electron chi connectivity index (χ2n) is 5.13. The summed E-state index contributed by atoms with van der Waals surface area (Å²) in [5.41, 5.74) is -1.11. The number of thiophene rings is 1. The number of piperidine rings is 1.